The molecule has 0 fully saturated rings. The van der Waals surface area contributed by atoms with Crippen LogP contribution in [0.5, 0.6) is 0 Å². The fraction of sp³-hybridized carbons (Fsp3) is 0.250. The van der Waals surface area contributed by atoms with Gasteiger partial charge in [-0.25, -0.2) is 4.79 Å². The molecule has 6 heteroatoms. The summed E-state index contributed by atoms with van der Waals surface area (Å²) in [5, 5.41) is 16.5. The number of nitro benzene ring substituents is 1. The molecular formula is C20H23N3O3. The molecule has 0 saturated heterocycles. The molecular weight excluding hydrogens is 330 g/mol. The molecule has 26 heavy (non-hydrogen) atoms. The van der Waals surface area contributed by atoms with Crippen molar-refractivity contribution in [3.8, 4) is 0 Å². The predicted octanol–water partition coefficient (Wildman–Crippen LogP) is 4.99. The lowest BCUT2D eigenvalue weighted by Crippen LogP contribution is -2.43. The molecule has 0 aliphatic rings. The first-order chi connectivity index (χ1) is 12.1. The smallest absolute Gasteiger partial charge is 0.319 e. The second-order valence-corrected chi connectivity index (χ2v) is 6.82. The second kappa shape index (κ2) is 7.39. The molecule has 0 spiro atoms. The van der Waals surface area contributed by atoms with Crippen molar-refractivity contribution in [1.82, 2.24) is 5.32 Å². The fourth-order valence-electron chi connectivity index (χ4n) is 2.54. The first kappa shape index (κ1) is 19.2. The molecule has 0 aromatic heterocycles. The summed E-state index contributed by atoms with van der Waals surface area (Å²) in [4.78, 5) is 22.9. The zero-order valence-corrected chi connectivity index (χ0v) is 15.4. The third kappa shape index (κ3) is 4.47. The Kier molecular flexibility index (Phi) is 5.45. The number of nitrogens with one attached hydrogen (secondary N) is 2. The van der Waals surface area contributed by atoms with Crippen LogP contribution < -0.4 is 10.6 Å². The normalized spacial score (nSPS) is 10.9. The lowest BCUT2D eigenvalue weighted by Gasteiger charge is -2.27. The van der Waals surface area contributed by atoms with Gasteiger partial charge in [0.1, 0.15) is 0 Å². The Morgan fingerprint density at radius 1 is 1.19 bits per heavy atom. The van der Waals surface area contributed by atoms with Crippen LogP contribution in [0, 0.1) is 17.0 Å². The summed E-state index contributed by atoms with van der Waals surface area (Å²) in [7, 11) is 0. The Balaban J connectivity index is 2.19. The van der Waals surface area contributed by atoms with Crippen LogP contribution in [-0.4, -0.2) is 11.0 Å². The number of rotatable bonds is 5. The monoisotopic (exact) mass is 353 g/mol. The molecule has 136 valence electrons. The number of aryl methyl sites for hydroxylation is 1. The molecule has 2 aromatic rings. The lowest BCUT2D eigenvalue weighted by atomic mass is 9.92. The Labute approximate surface area is 153 Å². The van der Waals surface area contributed by atoms with Crippen molar-refractivity contribution in [1.29, 1.82) is 0 Å². The van der Waals surface area contributed by atoms with Crippen molar-refractivity contribution >= 4 is 23.0 Å². The molecule has 0 aliphatic heterocycles. The van der Waals surface area contributed by atoms with E-state index in [1.165, 1.54) is 12.1 Å². The van der Waals surface area contributed by atoms with Gasteiger partial charge in [-0.05, 0) is 50.5 Å². The van der Waals surface area contributed by atoms with Gasteiger partial charge in [0.05, 0.1) is 16.1 Å². The third-order valence-electron chi connectivity index (χ3n) is 4.18. The van der Waals surface area contributed by atoms with Crippen molar-refractivity contribution in [3.63, 3.8) is 0 Å². The molecule has 0 radical (unpaired) electrons. The Morgan fingerprint density at radius 3 is 2.50 bits per heavy atom. The number of allylic oxidation sites excluding steroid dienone is 1. The number of nitrogens with zero attached hydrogens (tertiary/aromatic N) is 1. The van der Waals surface area contributed by atoms with E-state index < -0.39 is 16.5 Å². The molecule has 0 bridgehead atoms. The number of amides is 2. The van der Waals surface area contributed by atoms with Gasteiger partial charge in [-0.3, -0.25) is 10.1 Å². The van der Waals surface area contributed by atoms with Crippen LogP contribution in [0.2, 0.25) is 0 Å². The largest absolute Gasteiger partial charge is 0.329 e. The number of hydrogen-bond acceptors (Lipinski definition) is 3. The predicted molar refractivity (Wildman–Crippen MR) is 104 cm³/mol. The molecule has 0 saturated carbocycles. The summed E-state index contributed by atoms with van der Waals surface area (Å²) in [6.07, 6.45) is 0. The highest BCUT2D eigenvalue weighted by Gasteiger charge is 2.23. The van der Waals surface area contributed by atoms with Crippen molar-refractivity contribution in [2.75, 3.05) is 5.32 Å². The van der Waals surface area contributed by atoms with E-state index in [1.807, 2.05) is 45.0 Å². The molecule has 2 N–H and O–H groups in total. The Bertz CT molecular complexity index is 872. The van der Waals surface area contributed by atoms with Crippen LogP contribution in [0.1, 0.15) is 37.5 Å². The summed E-state index contributed by atoms with van der Waals surface area (Å²) >= 11 is 0. The molecule has 0 atom stereocenters. The average Bonchev–Trinajstić information content (AvgIpc) is 2.56. The van der Waals surface area contributed by atoms with E-state index in [0.29, 0.717) is 5.69 Å². The zero-order chi connectivity index (χ0) is 19.5. The standard InChI is InChI=1S/C20H23N3O3/c1-13(2)15-7-6-8-16(11-15)20(4,5)22-19(24)21-18-12-17(23(25)26)10-9-14(18)3/h6-12H,1H2,2-5H3,(H2,21,22,24). The van der Waals surface area contributed by atoms with Crippen LogP contribution in [0.25, 0.3) is 5.57 Å². The van der Waals surface area contributed by atoms with Gasteiger partial charge in [0.15, 0.2) is 0 Å². The summed E-state index contributed by atoms with van der Waals surface area (Å²) in [6.45, 7) is 11.4. The molecule has 0 unspecified atom stereocenters. The Morgan fingerprint density at radius 2 is 1.88 bits per heavy atom. The minimum atomic E-state index is -0.635. The van der Waals surface area contributed by atoms with Gasteiger partial charge in [-0.1, -0.05) is 36.4 Å². The van der Waals surface area contributed by atoms with Gasteiger partial charge in [0, 0.05) is 12.1 Å². The summed E-state index contributed by atoms with van der Waals surface area (Å²) < 4.78 is 0. The van der Waals surface area contributed by atoms with Crippen LogP contribution in [-0.2, 0) is 5.54 Å². The van der Waals surface area contributed by atoms with Crippen molar-refractivity contribution in [3.05, 3.63) is 75.8 Å². The molecule has 0 heterocycles. The topological polar surface area (TPSA) is 84.3 Å². The van der Waals surface area contributed by atoms with Crippen LogP contribution in [0.3, 0.4) is 0 Å². The van der Waals surface area contributed by atoms with E-state index in [1.54, 1.807) is 13.0 Å². The maximum absolute atomic E-state index is 12.4. The number of non-ortho nitro benzene ring substituents is 1. The van der Waals surface area contributed by atoms with E-state index in [-0.39, 0.29) is 5.69 Å². The maximum atomic E-state index is 12.4. The number of nitro groups is 1. The SMILES string of the molecule is C=C(C)c1cccc(C(C)(C)NC(=O)Nc2cc([N+](=O)[O-])ccc2C)c1. The molecule has 6 nitrogen and oxygen atoms in total. The van der Waals surface area contributed by atoms with Gasteiger partial charge in [0.25, 0.3) is 5.69 Å². The first-order valence-electron chi connectivity index (χ1n) is 8.21. The molecule has 2 rings (SSSR count). The first-order valence-corrected chi connectivity index (χ1v) is 8.21. The van der Waals surface area contributed by atoms with Crippen molar-refractivity contribution in [2.24, 2.45) is 0 Å². The Hall–Kier alpha value is -3.15. The van der Waals surface area contributed by atoms with Crippen LogP contribution in [0.4, 0.5) is 16.2 Å². The fourth-order valence-corrected chi connectivity index (χ4v) is 2.54. The van der Waals surface area contributed by atoms with Crippen molar-refractivity contribution < 1.29 is 9.72 Å². The van der Waals surface area contributed by atoms with Crippen molar-refractivity contribution in [2.45, 2.75) is 33.2 Å². The summed E-state index contributed by atoms with van der Waals surface area (Å²) in [5.41, 5.74) is 3.33. The highest BCUT2D eigenvalue weighted by molar-refractivity contribution is 5.91. The number of benzene rings is 2. The van der Waals surface area contributed by atoms with Gasteiger partial charge >= 0.3 is 6.03 Å². The van der Waals surface area contributed by atoms with Gasteiger partial charge in [-0.2, -0.15) is 0 Å². The summed E-state index contributed by atoms with van der Waals surface area (Å²) in [6, 6.07) is 11.7. The minimum Gasteiger partial charge on any atom is -0.329 e. The molecule has 2 aromatic carbocycles. The van der Waals surface area contributed by atoms with Gasteiger partial charge < -0.3 is 10.6 Å². The number of anilines is 1. The number of urea groups is 1. The summed E-state index contributed by atoms with van der Waals surface area (Å²) in [5.74, 6) is 0. The highest BCUT2D eigenvalue weighted by Crippen LogP contribution is 2.25. The average molecular weight is 353 g/mol. The van der Waals surface area contributed by atoms with Gasteiger partial charge in [-0.15, -0.1) is 0 Å². The maximum Gasteiger partial charge on any atom is 0.319 e. The zero-order valence-electron chi connectivity index (χ0n) is 15.4. The van der Waals surface area contributed by atoms with Crippen LogP contribution in [0.15, 0.2) is 49.0 Å². The minimum absolute atomic E-state index is 0.0701. The quantitative estimate of drug-likeness (QED) is 0.586. The number of carbonyl (C=O) groups excluding carboxylic acids is 1. The van der Waals surface area contributed by atoms with E-state index in [2.05, 4.69) is 17.2 Å². The van der Waals surface area contributed by atoms with E-state index in [4.69, 9.17) is 0 Å². The lowest BCUT2D eigenvalue weighted by molar-refractivity contribution is -0.384. The van der Waals surface area contributed by atoms with E-state index >= 15 is 0 Å². The second-order valence-electron chi connectivity index (χ2n) is 6.82. The van der Waals surface area contributed by atoms with Gasteiger partial charge in [0.2, 0.25) is 0 Å². The highest BCUT2D eigenvalue weighted by atomic mass is 16.6. The molecule has 2 amide bonds. The number of hydrogen-bond donors (Lipinski definition) is 2. The third-order valence-corrected chi connectivity index (χ3v) is 4.18. The van der Waals surface area contributed by atoms with Crippen LogP contribution >= 0.6 is 0 Å². The van der Waals surface area contributed by atoms with E-state index in [9.17, 15) is 14.9 Å². The molecule has 0 aliphatic carbocycles. The van der Waals surface area contributed by atoms with E-state index in [0.717, 1.165) is 22.3 Å². The number of carbonyl (C=O) groups is 1.